The topological polar surface area (TPSA) is 34.1 Å². The van der Waals surface area contributed by atoms with Crippen LogP contribution < -0.4 is 0 Å². The Morgan fingerprint density at radius 3 is 2.31 bits per heavy atom. The van der Waals surface area contributed by atoms with Gasteiger partial charge >= 0.3 is 0 Å². The zero-order chi connectivity index (χ0) is 9.90. The average molecular weight is 222 g/mol. The lowest BCUT2D eigenvalue weighted by Gasteiger charge is -2.20. The van der Waals surface area contributed by atoms with Crippen LogP contribution in [0.15, 0.2) is 0 Å². The highest BCUT2D eigenvalue weighted by Crippen LogP contribution is 2.24. The van der Waals surface area contributed by atoms with Crippen LogP contribution in [-0.4, -0.2) is 25.2 Å². The summed E-state index contributed by atoms with van der Waals surface area (Å²) in [7, 11) is -2.82. The van der Waals surface area contributed by atoms with E-state index in [-0.39, 0.29) is 5.25 Å². The van der Waals surface area contributed by atoms with Crippen molar-refractivity contribution in [2.75, 3.05) is 6.26 Å². The summed E-state index contributed by atoms with van der Waals surface area (Å²) in [5.74, 6) is 0. The molecule has 1 aliphatic rings. The summed E-state index contributed by atoms with van der Waals surface area (Å²) in [6.07, 6.45) is 7.24. The number of thiol groups is 1. The van der Waals surface area contributed by atoms with E-state index in [1.165, 1.54) is 6.26 Å². The van der Waals surface area contributed by atoms with E-state index >= 15 is 0 Å². The summed E-state index contributed by atoms with van der Waals surface area (Å²) in [5.41, 5.74) is 0. The summed E-state index contributed by atoms with van der Waals surface area (Å²) in [5, 5.41) is 0.298. The third-order valence-electron chi connectivity index (χ3n) is 2.74. The SMILES string of the molecule is CS(=O)(=O)C1CCCCC(S)CC1. The first-order chi connectivity index (χ1) is 6.00. The number of rotatable bonds is 1. The summed E-state index contributed by atoms with van der Waals surface area (Å²) >= 11 is 4.42. The van der Waals surface area contributed by atoms with Crippen molar-refractivity contribution in [3.8, 4) is 0 Å². The first-order valence-electron chi connectivity index (χ1n) is 4.87. The van der Waals surface area contributed by atoms with E-state index in [4.69, 9.17) is 0 Å². The van der Waals surface area contributed by atoms with Gasteiger partial charge in [-0.25, -0.2) is 8.42 Å². The molecule has 0 spiro atoms. The van der Waals surface area contributed by atoms with Crippen molar-refractivity contribution >= 4 is 22.5 Å². The van der Waals surface area contributed by atoms with E-state index in [0.717, 1.165) is 38.5 Å². The molecule has 1 rings (SSSR count). The first-order valence-corrected chi connectivity index (χ1v) is 7.34. The van der Waals surface area contributed by atoms with Gasteiger partial charge < -0.3 is 0 Å². The molecule has 1 fully saturated rings. The quantitative estimate of drug-likeness (QED) is 0.689. The second-order valence-electron chi connectivity index (χ2n) is 3.97. The van der Waals surface area contributed by atoms with E-state index in [2.05, 4.69) is 12.6 Å². The van der Waals surface area contributed by atoms with Crippen LogP contribution in [0, 0.1) is 0 Å². The van der Waals surface area contributed by atoms with Gasteiger partial charge in [0.1, 0.15) is 9.84 Å². The molecular formula is C9H18O2S2. The van der Waals surface area contributed by atoms with Crippen molar-refractivity contribution in [1.29, 1.82) is 0 Å². The molecule has 0 N–H and O–H groups in total. The third kappa shape index (κ3) is 3.90. The van der Waals surface area contributed by atoms with Crippen LogP contribution in [0.5, 0.6) is 0 Å². The highest BCUT2D eigenvalue weighted by Gasteiger charge is 2.22. The first kappa shape index (κ1) is 11.4. The lowest BCUT2D eigenvalue weighted by molar-refractivity contribution is 0.497. The van der Waals surface area contributed by atoms with Crippen LogP contribution in [0.4, 0.5) is 0 Å². The fourth-order valence-corrected chi connectivity index (χ4v) is 3.34. The smallest absolute Gasteiger partial charge is 0.150 e. The van der Waals surface area contributed by atoms with Gasteiger partial charge in [0.15, 0.2) is 0 Å². The lowest BCUT2D eigenvalue weighted by Crippen LogP contribution is -2.22. The van der Waals surface area contributed by atoms with Crippen molar-refractivity contribution < 1.29 is 8.42 Å². The van der Waals surface area contributed by atoms with Gasteiger partial charge in [-0.05, 0) is 25.7 Å². The monoisotopic (exact) mass is 222 g/mol. The van der Waals surface area contributed by atoms with Crippen molar-refractivity contribution in [3.63, 3.8) is 0 Å². The molecule has 2 unspecified atom stereocenters. The maximum atomic E-state index is 11.3. The molecule has 0 aromatic heterocycles. The van der Waals surface area contributed by atoms with Gasteiger partial charge in [-0.2, -0.15) is 12.6 Å². The molecule has 0 heterocycles. The molecular weight excluding hydrogens is 204 g/mol. The Morgan fingerprint density at radius 1 is 1.08 bits per heavy atom. The number of hydrogen-bond donors (Lipinski definition) is 1. The highest BCUT2D eigenvalue weighted by molar-refractivity contribution is 7.91. The normalized spacial score (nSPS) is 32.2. The Balaban J connectivity index is 2.56. The Morgan fingerprint density at radius 2 is 1.69 bits per heavy atom. The van der Waals surface area contributed by atoms with E-state index in [1.807, 2.05) is 0 Å². The Labute approximate surface area is 86.4 Å². The second-order valence-corrected chi connectivity index (χ2v) is 7.02. The molecule has 0 saturated heterocycles. The molecule has 1 aliphatic carbocycles. The highest BCUT2D eigenvalue weighted by atomic mass is 32.2. The van der Waals surface area contributed by atoms with Gasteiger partial charge in [0.05, 0.1) is 5.25 Å². The Hall–Kier alpha value is 0.300. The van der Waals surface area contributed by atoms with Crippen LogP contribution in [0.25, 0.3) is 0 Å². The molecule has 2 nitrogen and oxygen atoms in total. The molecule has 0 aromatic carbocycles. The van der Waals surface area contributed by atoms with Crippen molar-refractivity contribution in [3.05, 3.63) is 0 Å². The molecule has 2 atom stereocenters. The maximum absolute atomic E-state index is 11.3. The predicted octanol–water partition coefficient (Wildman–Crippen LogP) is 2.05. The summed E-state index contributed by atoms with van der Waals surface area (Å²) < 4.78 is 22.7. The van der Waals surface area contributed by atoms with Gasteiger partial charge in [-0.3, -0.25) is 0 Å². The summed E-state index contributed by atoms with van der Waals surface area (Å²) in [6.45, 7) is 0. The molecule has 4 heteroatoms. The maximum Gasteiger partial charge on any atom is 0.150 e. The van der Waals surface area contributed by atoms with Gasteiger partial charge in [-0.15, -0.1) is 0 Å². The summed E-state index contributed by atoms with van der Waals surface area (Å²) in [4.78, 5) is 0. The fourth-order valence-electron chi connectivity index (χ4n) is 1.85. The molecule has 13 heavy (non-hydrogen) atoms. The van der Waals surface area contributed by atoms with E-state index in [9.17, 15) is 8.42 Å². The molecule has 0 amide bonds. The van der Waals surface area contributed by atoms with Crippen molar-refractivity contribution in [1.82, 2.24) is 0 Å². The molecule has 0 aromatic rings. The van der Waals surface area contributed by atoms with Gasteiger partial charge in [-0.1, -0.05) is 12.8 Å². The van der Waals surface area contributed by atoms with Crippen molar-refractivity contribution in [2.24, 2.45) is 0 Å². The summed E-state index contributed by atoms with van der Waals surface area (Å²) in [6, 6.07) is 0. The molecule has 0 aliphatic heterocycles. The lowest BCUT2D eigenvalue weighted by atomic mass is 10.0. The van der Waals surface area contributed by atoms with Crippen LogP contribution >= 0.6 is 12.6 Å². The van der Waals surface area contributed by atoms with E-state index in [0.29, 0.717) is 5.25 Å². The van der Waals surface area contributed by atoms with Crippen LogP contribution in [0.2, 0.25) is 0 Å². The molecule has 1 saturated carbocycles. The van der Waals surface area contributed by atoms with Crippen LogP contribution in [-0.2, 0) is 9.84 Å². The Bertz CT molecular complexity index is 246. The molecule has 78 valence electrons. The minimum absolute atomic E-state index is 0.109. The van der Waals surface area contributed by atoms with Gasteiger partial charge in [0.2, 0.25) is 0 Å². The average Bonchev–Trinajstić information content (AvgIpc) is 1.94. The second kappa shape index (κ2) is 4.69. The van der Waals surface area contributed by atoms with E-state index in [1.54, 1.807) is 0 Å². The van der Waals surface area contributed by atoms with E-state index < -0.39 is 9.84 Å². The van der Waals surface area contributed by atoms with Gasteiger partial charge in [0, 0.05) is 11.5 Å². The minimum Gasteiger partial charge on any atom is -0.229 e. The zero-order valence-corrected chi connectivity index (χ0v) is 9.78. The van der Waals surface area contributed by atoms with Crippen LogP contribution in [0.3, 0.4) is 0 Å². The Kier molecular flexibility index (Phi) is 4.10. The minimum atomic E-state index is -2.82. The van der Waals surface area contributed by atoms with Gasteiger partial charge in [0.25, 0.3) is 0 Å². The van der Waals surface area contributed by atoms with Crippen molar-refractivity contribution in [2.45, 2.75) is 49.0 Å². The number of hydrogen-bond acceptors (Lipinski definition) is 3. The molecule has 0 radical (unpaired) electrons. The fraction of sp³-hybridized carbons (Fsp3) is 1.00. The number of sulfone groups is 1. The molecule has 0 bridgehead atoms. The zero-order valence-electron chi connectivity index (χ0n) is 8.07. The third-order valence-corrected chi connectivity index (χ3v) is 4.94. The largest absolute Gasteiger partial charge is 0.229 e. The standard InChI is InChI=1S/C9H18O2S2/c1-13(10,11)9-5-3-2-4-8(12)6-7-9/h8-9,12H,2-7H2,1H3. The van der Waals surface area contributed by atoms with Crippen LogP contribution in [0.1, 0.15) is 38.5 Å². The predicted molar refractivity (Wildman–Crippen MR) is 59.1 cm³/mol.